The van der Waals surface area contributed by atoms with Crippen molar-refractivity contribution in [3.05, 3.63) is 53.2 Å². The molecule has 0 bridgehead atoms. The van der Waals surface area contributed by atoms with Crippen LogP contribution in [0.2, 0.25) is 0 Å². The number of ether oxygens (including phenoxy) is 1. The van der Waals surface area contributed by atoms with Crippen LogP contribution >= 0.6 is 0 Å². The van der Waals surface area contributed by atoms with Crippen LogP contribution in [0.15, 0.2) is 36.5 Å². The lowest BCUT2D eigenvalue weighted by Crippen LogP contribution is -2.37. The number of alkyl halides is 3. The second-order valence-electron chi connectivity index (χ2n) is 6.99. The number of aromatic nitrogens is 5. The first-order chi connectivity index (χ1) is 15.4. The van der Waals surface area contributed by atoms with E-state index in [0.717, 1.165) is 17.8 Å². The zero-order valence-electron chi connectivity index (χ0n) is 16.6. The van der Waals surface area contributed by atoms with E-state index in [0.29, 0.717) is 26.3 Å². The Kier molecular flexibility index (Phi) is 6.01. The number of anilines is 1. The molecule has 0 spiro atoms. The van der Waals surface area contributed by atoms with E-state index in [-0.39, 0.29) is 29.3 Å². The van der Waals surface area contributed by atoms with Gasteiger partial charge in [0.15, 0.2) is 0 Å². The van der Waals surface area contributed by atoms with Crippen LogP contribution in [0.4, 0.5) is 18.9 Å². The Morgan fingerprint density at radius 1 is 1.19 bits per heavy atom. The minimum absolute atomic E-state index is 0.189. The van der Waals surface area contributed by atoms with Crippen molar-refractivity contribution < 1.29 is 27.9 Å². The van der Waals surface area contributed by atoms with Crippen LogP contribution < -0.4 is 10.4 Å². The normalized spacial score (nSPS) is 14.4. The topological polar surface area (TPSA) is 118 Å². The van der Waals surface area contributed by atoms with Crippen molar-refractivity contribution in [2.75, 3.05) is 31.2 Å². The lowest BCUT2D eigenvalue weighted by Gasteiger charge is -2.30. The quantitative estimate of drug-likeness (QED) is 0.447. The third kappa shape index (κ3) is 4.53. The zero-order chi connectivity index (χ0) is 22.7. The fourth-order valence-corrected chi connectivity index (χ4v) is 3.31. The molecule has 0 saturated carbocycles. The average Bonchev–Trinajstić information content (AvgIpc) is 3.26. The van der Waals surface area contributed by atoms with E-state index in [1.54, 1.807) is 22.5 Å². The summed E-state index contributed by atoms with van der Waals surface area (Å²) in [4.78, 5) is 17.3. The largest absolute Gasteiger partial charge is 0.417 e. The van der Waals surface area contributed by atoms with Crippen LogP contribution in [0.25, 0.3) is 11.5 Å². The van der Waals surface area contributed by atoms with E-state index < -0.39 is 17.6 Å². The number of nitrogens with zero attached hydrogens (tertiary/aromatic N) is 6. The summed E-state index contributed by atoms with van der Waals surface area (Å²) in [5.41, 5.74) is 2.17. The van der Waals surface area contributed by atoms with Crippen LogP contribution in [0.3, 0.4) is 0 Å². The SMILES string of the molecule is O=C(NO)c1ccc(Cn2nnnc2-c2ncc(C(F)(F)F)cc2N2CCOCC2)cc1. The lowest BCUT2D eigenvalue weighted by molar-refractivity contribution is -0.137. The van der Waals surface area contributed by atoms with Gasteiger partial charge in [-0.25, -0.2) is 10.2 Å². The van der Waals surface area contributed by atoms with Gasteiger partial charge in [-0.3, -0.25) is 15.0 Å². The van der Waals surface area contributed by atoms with Gasteiger partial charge in [-0.2, -0.15) is 13.2 Å². The monoisotopic (exact) mass is 449 g/mol. The van der Waals surface area contributed by atoms with E-state index >= 15 is 0 Å². The van der Waals surface area contributed by atoms with Crippen molar-refractivity contribution in [1.82, 2.24) is 30.7 Å². The number of rotatable bonds is 5. The average molecular weight is 449 g/mol. The molecular formula is C19H18F3N7O3. The maximum Gasteiger partial charge on any atom is 0.417 e. The first-order valence-electron chi connectivity index (χ1n) is 9.56. The number of hydroxylamine groups is 1. The summed E-state index contributed by atoms with van der Waals surface area (Å²) in [7, 11) is 0. The smallest absolute Gasteiger partial charge is 0.378 e. The molecule has 1 aliphatic heterocycles. The maximum atomic E-state index is 13.3. The minimum Gasteiger partial charge on any atom is -0.378 e. The van der Waals surface area contributed by atoms with Gasteiger partial charge in [0.05, 0.1) is 31.0 Å². The highest BCUT2D eigenvalue weighted by atomic mass is 19.4. The third-order valence-corrected chi connectivity index (χ3v) is 4.94. The Morgan fingerprint density at radius 2 is 1.91 bits per heavy atom. The molecule has 1 aromatic carbocycles. The molecule has 1 saturated heterocycles. The summed E-state index contributed by atoms with van der Waals surface area (Å²) in [6, 6.07) is 7.38. The van der Waals surface area contributed by atoms with Gasteiger partial charge in [0, 0.05) is 24.8 Å². The Bertz CT molecular complexity index is 1100. The van der Waals surface area contributed by atoms with E-state index in [9.17, 15) is 18.0 Å². The Hall–Kier alpha value is -3.58. The van der Waals surface area contributed by atoms with Gasteiger partial charge >= 0.3 is 6.18 Å². The second kappa shape index (κ2) is 8.88. The highest BCUT2D eigenvalue weighted by molar-refractivity contribution is 5.93. The van der Waals surface area contributed by atoms with Crippen LogP contribution in [0.5, 0.6) is 0 Å². The molecule has 4 rings (SSSR count). The molecule has 2 aromatic heterocycles. The standard InChI is InChI=1S/C19H18F3N7O3/c20-19(21,22)14-9-15(28-5-7-32-8-6-28)16(23-10-14)17-24-26-27-29(17)11-12-1-3-13(4-2-12)18(30)25-31/h1-4,9-10,31H,5-8,11H2,(H,25,30). The minimum atomic E-state index is -4.54. The van der Waals surface area contributed by atoms with Gasteiger partial charge in [0.2, 0.25) is 5.82 Å². The molecule has 1 aliphatic rings. The summed E-state index contributed by atoms with van der Waals surface area (Å²) in [5, 5.41) is 20.3. The Labute approximate surface area is 179 Å². The molecular weight excluding hydrogens is 431 g/mol. The molecule has 3 aromatic rings. The molecule has 0 radical (unpaired) electrons. The van der Waals surface area contributed by atoms with Crippen LogP contribution in [0.1, 0.15) is 21.5 Å². The number of carbonyl (C=O) groups excluding carboxylic acids is 1. The molecule has 0 aliphatic carbocycles. The molecule has 2 N–H and O–H groups in total. The molecule has 10 nitrogen and oxygen atoms in total. The summed E-state index contributed by atoms with van der Waals surface area (Å²) in [6.07, 6.45) is -3.78. The maximum absolute atomic E-state index is 13.3. The number of amides is 1. The van der Waals surface area contributed by atoms with Crippen molar-refractivity contribution in [2.45, 2.75) is 12.7 Å². The first-order valence-corrected chi connectivity index (χ1v) is 9.56. The number of hydrogen-bond donors (Lipinski definition) is 2. The Morgan fingerprint density at radius 3 is 2.56 bits per heavy atom. The predicted octanol–water partition coefficient (Wildman–Crippen LogP) is 1.76. The lowest BCUT2D eigenvalue weighted by atomic mass is 10.1. The molecule has 1 fully saturated rings. The highest BCUT2D eigenvalue weighted by Crippen LogP contribution is 2.35. The van der Waals surface area contributed by atoms with Gasteiger partial charge in [-0.1, -0.05) is 12.1 Å². The van der Waals surface area contributed by atoms with Gasteiger partial charge in [0.1, 0.15) is 5.69 Å². The van der Waals surface area contributed by atoms with E-state index in [4.69, 9.17) is 9.94 Å². The molecule has 0 unspecified atom stereocenters. The summed E-state index contributed by atoms with van der Waals surface area (Å²) < 4.78 is 46.7. The summed E-state index contributed by atoms with van der Waals surface area (Å²) >= 11 is 0. The van der Waals surface area contributed by atoms with Gasteiger partial charge in [0.25, 0.3) is 5.91 Å². The van der Waals surface area contributed by atoms with Crippen molar-refractivity contribution in [1.29, 1.82) is 0 Å². The van der Waals surface area contributed by atoms with Crippen molar-refractivity contribution in [3.8, 4) is 11.5 Å². The number of carbonyl (C=O) groups is 1. The fraction of sp³-hybridized carbons (Fsp3) is 0.316. The first kappa shape index (κ1) is 21.6. The number of nitrogens with one attached hydrogen (secondary N) is 1. The summed E-state index contributed by atoms with van der Waals surface area (Å²) in [6.45, 7) is 1.77. The van der Waals surface area contributed by atoms with Gasteiger partial charge in [-0.15, -0.1) is 5.10 Å². The molecule has 13 heteroatoms. The summed E-state index contributed by atoms with van der Waals surface area (Å²) in [5.74, 6) is -0.443. The van der Waals surface area contributed by atoms with E-state index in [1.165, 1.54) is 16.8 Å². The molecule has 3 heterocycles. The number of halogens is 3. The number of tetrazole rings is 1. The number of hydrogen-bond acceptors (Lipinski definition) is 8. The highest BCUT2D eigenvalue weighted by Gasteiger charge is 2.33. The van der Waals surface area contributed by atoms with Gasteiger partial charge in [-0.05, 0) is 34.2 Å². The Balaban J connectivity index is 1.68. The van der Waals surface area contributed by atoms with Crippen LogP contribution in [-0.2, 0) is 17.5 Å². The van der Waals surface area contributed by atoms with E-state index in [1.807, 2.05) is 0 Å². The molecule has 0 atom stereocenters. The molecule has 168 valence electrons. The van der Waals surface area contributed by atoms with Gasteiger partial charge < -0.3 is 9.64 Å². The van der Waals surface area contributed by atoms with E-state index in [2.05, 4.69) is 20.5 Å². The second-order valence-corrected chi connectivity index (χ2v) is 6.99. The molecule has 1 amide bonds. The number of pyridine rings is 1. The fourth-order valence-electron chi connectivity index (χ4n) is 3.31. The van der Waals surface area contributed by atoms with Crippen LogP contribution in [-0.4, -0.2) is 62.6 Å². The number of benzene rings is 1. The van der Waals surface area contributed by atoms with Crippen LogP contribution in [0, 0.1) is 0 Å². The van der Waals surface area contributed by atoms with Crippen molar-refractivity contribution in [2.24, 2.45) is 0 Å². The predicted molar refractivity (Wildman–Crippen MR) is 104 cm³/mol. The van der Waals surface area contributed by atoms with Crippen molar-refractivity contribution in [3.63, 3.8) is 0 Å². The number of morpholine rings is 1. The zero-order valence-corrected chi connectivity index (χ0v) is 16.6. The molecule has 32 heavy (non-hydrogen) atoms. The van der Waals surface area contributed by atoms with Crippen molar-refractivity contribution >= 4 is 11.6 Å². The third-order valence-electron chi connectivity index (χ3n) is 4.94.